The van der Waals surface area contributed by atoms with Crippen molar-refractivity contribution in [2.45, 2.75) is 51.7 Å². The van der Waals surface area contributed by atoms with Gasteiger partial charge in [0.1, 0.15) is 0 Å². The Morgan fingerprint density at radius 2 is 2.25 bits per heavy atom. The molecule has 1 saturated carbocycles. The van der Waals surface area contributed by atoms with Crippen LogP contribution in [0.5, 0.6) is 0 Å². The number of hydrogen-bond donors (Lipinski definition) is 1. The monoisotopic (exact) mass is 222 g/mol. The molecule has 3 atom stereocenters. The van der Waals surface area contributed by atoms with Crippen LogP contribution in [0, 0.1) is 11.8 Å². The number of rotatable bonds is 4. The standard InChI is InChI=1S/C13H22N2O/c1-11-4-2-3-5-12(11)13(16)6-8-15-9-7-14-10-15/h7,9-13,16H,2-6,8H2,1H3. The maximum atomic E-state index is 10.2. The molecule has 0 bridgehead atoms. The van der Waals surface area contributed by atoms with Crippen LogP contribution in [0.3, 0.4) is 0 Å². The Bertz CT molecular complexity index is 297. The van der Waals surface area contributed by atoms with Crippen LogP contribution in [0.15, 0.2) is 18.7 Å². The number of nitrogens with zero attached hydrogens (tertiary/aromatic N) is 2. The van der Waals surface area contributed by atoms with Gasteiger partial charge in [-0.3, -0.25) is 0 Å². The molecule has 1 aliphatic rings. The molecule has 0 aromatic carbocycles. The van der Waals surface area contributed by atoms with Gasteiger partial charge in [-0.2, -0.15) is 0 Å². The molecule has 3 nitrogen and oxygen atoms in total. The molecule has 1 aromatic heterocycles. The minimum atomic E-state index is -0.141. The average Bonchev–Trinajstić information content (AvgIpc) is 2.79. The Balaban J connectivity index is 1.80. The first-order valence-corrected chi connectivity index (χ1v) is 6.41. The van der Waals surface area contributed by atoms with Crippen molar-refractivity contribution in [1.29, 1.82) is 0 Å². The number of imidazole rings is 1. The van der Waals surface area contributed by atoms with Crippen LogP contribution in [-0.2, 0) is 6.54 Å². The second kappa shape index (κ2) is 5.48. The van der Waals surface area contributed by atoms with Crippen LogP contribution >= 0.6 is 0 Å². The molecule has 1 aliphatic carbocycles. The summed E-state index contributed by atoms with van der Waals surface area (Å²) in [6, 6.07) is 0. The van der Waals surface area contributed by atoms with Crippen LogP contribution in [0.25, 0.3) is 0 Å². The molecule has 1 heterocycles. The van der Waals surface area contributed by atoms with Crippen LogP contribution < -0.4 is 0 Å². The van der Waals surface area contributed by atoms with Crippen LogP contribution in [-0.4, -0.2) is 20.8 Å². The highest BCUT2D eigenvalue weighted by molar-refractivity contribution is 4.80. The normalized spacial score (nSPS) is 27.9. The lowest BCUT2D eigenvalue weighted by Gasteiger charge is -2.32. The van der Waals surface area contributed by atoms with Gasteiger partial charge in [-0.15, -0.1) is 0 Å². The maximum absolute atomic E-state index is 10.2. The van der Waals surface area contributed by atoms with Crippen molar-refractivity contribution in [3.05, 3.63) is 18.7 Å². The summed E-state index contributed by atoms with van der Waals surface area (Å²) in [5.74, 6) is 1.20. The minimum absolute atomic E-state index is 0.141. The maximum Gasteiger partial charge on any atom is 0.0945 e. The molecule has 90 valence electrons. The Morgan fingerprint density at radius 3 is 2.94 bits per heavy atom. The zero-order valence-electron chi connectivity index (χ0n) is 10.0. The Morgan fingerprint density at radius 1 is 1.44 bits per heavy atom. The van der Waals surface area contributed by atoms with Gasteiger partial charge >= 0.3 is 0 Å². The third kappa shape index (κ3) is 2.85. The zero-order valence-corrected chi connectivity index (χ0v) is 10.0. The molecule has 2 rings (SSSR count). The number of aliphatic hydroxyl groups is 1. The van der Waals surface area contributed by atoms with Crippen molar-refractivity contribution in [2.24, 2.45) is 11.8 Å². The SMILES string of the molecule is CC1CCCCC1C(O)CCn1ccnc1. The fourth-order valence-electron chi connectivity index (χ4n) is 2.83. The summed E-state index contributed by atoms with van der Waals surface area (Å²) in [6.07, 6.45) is 11.4. The van der Waals surface area contributed by atoms with E-state index in [9.17, 15) is 5.11 Å². The molecule has 16 heavy (non-hydrogen) atoms. The predicted octanol–water partition coefficient (Wildman–Crippen LogP) is 2.46. The first kappa shape index (κ1) is 11.6. The second-order valence-corrected chi connectivity index (χ2v) is 5.08. The molecule has 3 unspecified atom stereocenters. The van der Waals surface area contributed by atoms with Crippen molar-refractivity contribution in [1.82, 2.24) is 9.55 Å². The van der Waals surface area contributed by atoms with E-state index in [-0.39, 0.29) is 6.10 Å². The molecule has 0 spiro atoms. The van der Waals surface area contributed by atoms with Crippen molar-refractivity contribution in [2.75, 3.05) is 0 Å². The first-order chi connectivity index (χ1) is 7.77. The summed E-state index contributed by atoms with van der Waals surface area (Å²) in [6.45, 7) is 3.16. The smallest absolute Gasteiger partial charge is 0.0945 e. The van der Waals surface area contributed by atoms with E-state index in [2.05, 4.69) is 11.9 Å². The van der Waals surface area contributed by atoms with Crippen molar-refractivity contribution in [3.63, 3.8) is 0 Å². The van der Waals surface area contributed by atoms with Gasteiger partial charge in [0.25, 0.3) is 0 Å². The lowest BCUT2D eigenvalue weighted by molar-refractivity contribution is 0.0442. The van der Waals surface area contributed by atoms with Crippen molar-refractivity contribution >= 4 is 0 Å². The van der Waals surface area contributed by atoms with Gasteiger partial charge in [-0.25, -0.2) is 4.98 Å². The molecule has 1 fully saturated rings. The minimum Gasteiger partial charge on any atom is -0.393 e. The fourth-order valence-corrected chi connectivity index (χ4v) is 2.83. The van der Waals surface area contributed by atoms with Crippen molar-refractivity contribution in [3.8, 4) is 0 Å². The molecule has 3 heteroatoms. The summed E-state index contributed by atoms with van der Waals surface area (Å²) in [5, 5.41) is 10.2. The highest BCUT2D eigenvalue weighted by Gasteiger charge is 2.27. The van der Waals surface area contributed by atoms with E-state index in [1.165, 1.54) is 25.7 Å². The lowest BCUT2D eigenvalue weighted by Crippen LogP contribution is -2.30. The van der Waals surface area contributed by atoms with Gasteiger partial charge in [0.05, 0.1) is 12.4 Å². The Kier molecular flexibility index (Phi) is 3.99. The Hall–Kier alpha value is -0.830. The van der Waals surface area contributed by atoms with Gasteiger partial charge in [0.2, 0.25) is 0 Å². The van der Waals surface area contributed by atoms with Crippen molar-refractivity contribution < 1.29 is 5.11 Å². The zero-order chi connectivity index (χ0) is 11.4. The molecular weight excluding hydrogens is 200 g/mol. The number of aliphatic hydroxyl groups excluding tert-OH is 1. The number of aryl methyl sites for hydroxylation is 1. The van der Waals surface area contributed by atoms with Gasteiger partial charge in [0, 0.05) is 18.9 Å². The van der Waals surface area contributed by atoms with E-state index in [1.807, 2.05) is 17.1 Å². The summed E-state index contributed by atoms with van der Waals surface area (Å²) in [4.78, 5) is 4.01. The summed E-state index contributed by atoms with van der Waals surface area (Å²) in [7, 11) is 0. The molecule has 0 amide bonds. The van der Waals surface area contributed by atoms with Gasteiger partial charge in [-0.1, -0.05) is 26.2 Å². The van der Waals surface area contributed by atoms with Gasteiger partial charge < -0.3 is 9.67 Å². The van der Waals surface area contributed by atoms with E-state index in [0.717, 1.165) is 13.0 Å². The van der Waals surface area contributed by atoms with Gasteiger partial charge in [-0.05, 0) is 24.7 Å². The van der Waals surface area contributed by atoms with E-state index in [1.54, 1.807) is 6.20 Å². The summed E-state index contributed by atoms with van der Waals surface area (Å²) < 4.78 is 2.04. The van der Waals surface area contributed by atoms with Crippen LogP contribution in [0.1, 0.15) is 39.0 Å². The molecule has 1 N–H and O–H groups in total. The van der Waals surface area contributed by atoms with E-state index >= 15 is 0 Å². The summed E-state index contributed by atoms with van der Waals surface area (Å²) >= 11 is 0. The van der Waals surface area contributed by atoms with E-state index < -0.39 is 0 Å². The topological polar surface area (TPSA) is 38.0 Å². The number of aromatic nitrogens is 2. The van der Waals surface area contributed by atoms with Crippen LogP contribution in [0.4, 0.5) is 0 Å². The largest absolute Gasteiger partial charge is 0.393 e. The molecular formula is C13H22N2O. The quantitative estimate of drug-likeness (QED) is 0.849. The molecule has 0 saturated heterocycles. The highest BCUT2D eigenvalue weighted by Crippen LogP contribution is 2.33. The first-order valence-electron chi connectivity index (χ1n) is 6.41. The third-order valence-electron chi connectivity index (χ3n) is 3.91. The van der Waals surface area contributed by atoms with E-state index in [4.69, 9.17) is 0 Å². The third-order valence-corrected chi connectivity index (χ3v) is 3.91. The lowest BCUT2D eigenvalue weighted by atomic mass is 9.76. The van der Waals surface area contributed by atoms with E-state index in [0.29, 0.717) is 11.8 Å². The predicted molar refractivity (Wildman–Crippen MR) is 64.0 cm³/mol. The second-order valence-electron chi connectivity index (χ2n) is 5.08. The summed E-state index contributed by atoms with van der Waals surface area (Å²) in [5.41, 5.74) is 0. The average molecular weight is 222 g/mol. The molecule has 1 aromatic rings. The molecule has 0 aliphatic heterocycles. The number of hydrogen-bond acceptors (Lipinski definition) is 2. The highest BCUT2D eigenvalue weighted by atomic mass is 16.3. The molecule has 0 radical (unpaired) electrons. The van der Waals surface area contributed by atoms with Crippen LogP contribution in [0.2, 0.25) is 0 Å². The van der Waals surface area contributed by atoms with Gasteiger partial charge in [0.15, 0.2) is 0 Å². The fraction of sp³-hybridized carbons (Fsp3) is 0.769. The Labute approximate surface area is 97.5 Å².